The molecule has 9 nitrogen and oxygen atoms in total. The van der Waals surface area contributed by atoms with Gasteiger partial charge in [0.05, 0.1) is 12.7 Å². The van der Waals surface area contributed by atoms with Gasteiger partial charge < -0.3 is 20.1 Å². The molecule has 6 rings (SSSR count). The van der Waals surface area contributed by atoms with Crippen LogP contribution in [0.5, 0.6) is 0 Å². The van der Waals surface area contributed by atoms with Gasteiger partial charge in [-0.25, -0.2) is 23.7 Å². The van der Waals surface area contributed by atoms with Crippen molar-refractivity contribution in [3.05, 3.63) is 67.0 Å². The molecule has 0 atom stereocenters. The van der Waals surface area contributed by atoms with Crippen molar-refractivity contribution in [2.45, 2.75) is 6.43 Å². The normalized spacial score (nSPS) is 14.6. The molecule has 5 aromatic rings. The summed E-state index contributed by atoms with van der Waals surface area (Å²) in [5, 5.41) is 3.15. The lowest BCUT2D eigenvalue weighted by atomic mass is 10.0. The van der Waals surface area contributed by atoms with Crippen molar-refractivity contribution >= 4 is 28.4 Å². The fraction of sp³-hybridized carbons (Fsp3) is 0.259. The molecule has 1 amide bonds. The molecule has 6 heterocycles. The molecule has 5 aromatic heterocycles. The Kier molecular flexibility index (Phi) is 6.20. The number of likely N-dealkylation sites (N-methyl/N-ethyl adjacent to an activating group) is 1. The third-order valence-electron chi connectivity index (χ3n) is 6.91. The molecular formula is C27H26F2N8O. The smallest absolute Gasteiger partial charge is 0.270 e. The first kappa shape index (κ1) is 24.0. The van der Waals surface area contributed by atoms with Gasteiger partial charge in [0.2, 0.25) is 0 Å². The van der Waals surface area contributed by atoms with Crippen LogP contribution in [0.25, 0.3) is 38.9 Å². The van der Waals surface area contributed by atoms with Crippen LogP contribution in [0.15, 0.2) is 61.3 Å². The van der Waals surface area contributed by atoms with E-state index in [1.807, 2.05) is 24.7 Å². The highest BCUT2D eigenvalue weighted by Gasteiger charge is 2.17. The van der Waals surface area contributed by atoms with Crippen LogP contribution in [0.3, 0.4) is 0 Å². The minimum Gasteiger partial charge on any atom is -0.354 e. The second-order valence-corrected chi connectivity index (χ2v) is 9.41. The van der Waals surface area contributed by atoms with Gasteiger partial charge in [-0.2, -0.15) is 0 Å². The van der Waals surface area contributed by atoms with Gasteiger partial charge in [-0.15, -0.1) is 0 Å². The second-order valence-electron chi connectivity index (χ2n) is 9.41. The number of fused-ring (bicyclic) bond motifs is 2. The van der Waals surface area contributed by atoms with Gasteiger partial charge in [-0.05, 0) is 37.4 Å². The standard InChI is InChI=1S/C27H26F2N8O/c1-35-6-8-36(9-7-35)24-4-2-17(11-30-24)19-10-20-21(13-33-26(20)32-12-19)18-3-5-25-31-14-22(37(25)16-18)27(38)34-15-23(28)29/h2-5,10-14,16,23H,6-9,15H2,1H3,(H,32,33)(H,34,38). The zero-order chi connectivity index (χ0) is 26.2. The first-order valence-electron chi connectivity index (χ1n) is 12.4. The number of piperazine rings is 1. The Morgan fingerprint density at radius 1 is 1.00 bits per heavy atom. The van der Waals surface area contributed by atoms with Gasteiger partial charge in [0.1, 0.15) is 22.8 Å². The van der Waals surface area contributed by atoms with Gasteiger partial charge in [-0.3, -0.25) is 9.20 Å². The van der Waals surface area contributed by atoms with Crippen LogP contribution < -0.4 is 10.2 Å². The van der Waals surface area contributed by atoms with Crippen LogP contribution in [0, 0.1) is 0 Å². The zero-order valence-electron chi connectivity index (χ0n) is 20.7. The average Bonchev–Trinajstić information content (AvgIpc) is 3.56. The monoisotopic (exact) mass is 516 g/mol. The molecule has 1 aliphatic heterocycles. The van der Waals surface area contributed by atoms with E-state index in [0.29, 0.717) is 5.65 Å². The van der Waals surface area contributed by atoms with Crippen LogP contribution >= 0.6 is 0 Å². The molecule has 1 saturated heterocycles. The number of alkyl halides is 2. The number of nitrogens with zero attached hydrogens (tertiary/aromatic N) is 6. The maximum atomic E-state index is 12.6. The third kappa shape index (κ3) is 4.56. The van der Waals surface area contributed by atoms with Crippen molar-refractivity contribution in [3.63, 3.8) is 0 Å². The number of H-pyrrole nitrogens is 1. The molecule has 0 aliphatic carbocycles. The molecule has 0 unspecified atom stereocenters. The van der Waals surface area contributed by atoms with Gasteiger partial charge in [-0.1, -0.05) is 0 Å². The van der Waals surface area contributed by atoms with Crippen molar-refractivity contribution in [1.82, 2.24) is 34.6 Å². The number of pyridine rings is 3. The van der Waals surface area contributed by atoms with Gasteiger partial charge >= 0.3 is 0 Å². The summed E-state index contributed by atoms with van der Waals surface area (Å²) >= 11 is 0. The fourth-order valence-corrected chi connectivity index (χ4v) is 4.75. The van der Waals surface area contributed by atoms with Crippen molar-refractivity contribution in [3.8, 4) is 22.3 Å². The largest absolute Gasteiger partial charge is 0.354 e. The van der Waals surface area contributed by atoms with E-state index in [1.54, 1.807) is 16.7 Å². The minimum atomic E-state index is -2.63. The molecule has 1 aliphatic rings. The maximum Gasteiger partial charge on any atom is 0.270 e. The molecule has 1 fully saturated rings. The minimum absolute atomic E-state index is 0.188. The van der Waals surface area contributed by atoms with E-state index in [1.165, 1.54) is 6.20 Å². The number of amides is 1. The zero-order valence-corrected chi connectivity index (χ0v) is 20.7. The van der Waals surface area contributed by atoms with Crippen LogP contribution in [0.1, 0.15) is 10.5 Å². The first-order valence-corrected chi connectivity index (χ1v) is 12.4. The van der Waals surface area contributed by atoms with E-state index >= 15 is 0 Å². The van der Waals surface area contributed by atoms with Crippen molar-refractivity contribution < 1.29 is 13.6 Å². The maximum absolute atomic E-state index is 12.6. The molecule has 0 bridgehead atoms. The highest BCUT2D eigenvalue weighted by molar-refractivity contribution is 5.96. The van der Waals surface area contributed by atoms with Gasteiger partial charge in [0.15, 0.2) is 0 Å². The molecule has 194 valence electrons. The molecule has 0 spiro atoms. The number of aromatic nitrogens is 5. The number of carbonyl (C=O) groups excluding carboxylic acids is 1. The summed E-state index contributed by atoms with van der Waals surface area (Å²) in [6.07, 6.45) is 6.10. The van der Waals surface area contributed by atoms with Crippen molar-refractivity contribution in [2.24, 2.45) is 0 Å². The summed E-state index contributed by atoms with van der Waals surface area (Å²) in [6.45, 7) is 3.24. The van der Waals surface area contributed by atoms with Gasteiger partial charge in [0.25, 0.3) is 12.3 Å². The first-order chi connectivity index (χ1) is 18.5. The summed E-state index contributed by atoms with van der Waals surface area (Å²) < 4.78 is 26.7. The third-order valence-corrected chi connectivity index (χ3v) is 6.91. The van der Waals surface area contributed by atoms with E-state index in [9.17, 15) is 13.6 Å². The second kappa shape index (κ2) is 9.82. The Labute approximate surface area is 217 Å². The molecule has 0 aromatic carbocycles. The number of imidazole rings is 1. The Morgan fingerprint density at radius 3 is 2.55 bits per heavy atom. The number of aromatic amines is 1. The van der Waals surface area contributed by atoms with E-state index in [2.05, 4.69) is 55.3 Å². The lowest BCUT2D eigenvalue weighted by Gasteiger charge is -2.33. The average molecular weight is 517 g/mol. The summed E-state index contributed by atoms with van der Waals surface area (Å²) in [6, 6.07) is 9.88. The molecular weight excluding hydrogens is 490 g/mol. The Hall–Kier alpha value is -4.38. The number of anilines is 1. The predicted molar refractivity (Wildman–Crippen MR) is 142 cm³/mol. The van der Waals surface area contributed by atoms with E-state index < -0.39 is 18.9 Å². The summed E-state index contributed by atoms with van der Waals surface area (Å²) in [4.78, 5) is 33.8. The lowest BCUT2D eigenvalue weighted by Crippen LogP contribution is -2.44. The summed E-state index contributed by atoms with van der Waals surface area (Å²) in [5.41, 5.74) is 5.08. The predicted octanol–water partition coefficient (Wildman–Crippen LogP) is 3.69. The number of carbonyl (C=O) groups is 1. The Balaban J connectivity index is 1.31. The van der Waals surface area contributed by atoms with Crippen molar-refractivity contribution in [2.75, 3.05) is 44.7 Å². The SMILES string of the molecule is CN1CCN(c2ccc(-c3cnc4[nH]cc(-c5ccc6ncc(C(=O)NCC(F)F)n6c5)c4c3)cn2)CC1. The lowest BCUT2D eigenvalue weighted by molar-refractivity contribution is 0.0886. The Morgan fingerprint density at radius 2 is 1.79 bits per heavy atom. The number of hydrogen-bond acceptors (Lipinski definition) is 6. The fourth-order valence-electron chi connectivity index (χ4n) is 4.75. The number of rotatable bonds is 6. The summed E-state index contributed by atoms with van der Waals surface area (Å²) in [5.74, 6) is 0.366. The van der Waals surface area contributed by atoms with E-state index in [-0.39, 0.29) is 5.69 Å². The quantitative estimate of drug-likeness (QED) is 0.358. The molecule has 0 radical (unpaired) electrons. The van der Waals surface area contributed by atoms with Crippen molar-refractivity contribution in [1.29, 1.82) is 0 Å². The number of halogens is 2. The molecule has 2 N–H and O–H groups in total. The highest BCUT2D eigenvalue weighted by Crippen LogP contribution is 2.31. The van der Waals surface area contributed by atoms with Crippen LogP contribution in [0.2, 0.25) is 0 Å². The van der Waals surface area contributed by atoms with Crippen LogP contribution in [-0.2, 0) is 0 Å². The molecule has 38 heavy (non-hydrogen) atoms. The van der Waals surface area contributed by atoms with E-state index in [0.717, 1.165) is 65.3 Å². The topological polar surface area (TPSA) is 94.5 Å². The van der Waals surface area contributed by atoms with Crippen LogP contribution in [-0.4, -0.2) is 81.3 Å². The summed E-state index contributed by atoms with van der Waals surface area (Å²) in [7, 11) is 2.13. The number of nitrogens with one attached hydrogen (secondary N) is 2. The van der Waals surface area contributed by atoms with E-state index in [4.69, 9.17) is 4.98 Å². The molecule has 11 heteroatoms. The molecule has 0 saturated carbocycles. The highest BCUT2D eigenvalue weighted by atomic mass is 19.3. The van der Waals surface area contributed by atoms with Gasteiger partial charge in [0, 0.05) is 78.6 Å². The number of hydrogen-bond donors (Lipinski definition) is 2. The Bertz CT molecular complexity index is 1600. The van der Waals surface area contributed by atoms with Crippen LogP contribution in [0.4, 0.5) is 14.6 Å².